The molecular formula is C22H20ClN5O3. The Balaban J connectivity index is 1.77. The van der Waals surface area contributed by atoms with Gasteiger partial charge in [0.2, 0.25) is 0 Å². The molecule has 158 valence electrons. The predicted octanol–water partition coefficient (Wildman–Crippen LogP) is 3.45. The molecule has 0 atom stereocenters. The summed E-state index contributed by atoms with van der Waals surface area (Å²) >= 11 is 6.40. The second-order valence-electron chi connectivity index (χ2n) is 6.69. The number of benzene rings is 2. The predicted molar refractivity (Wildman–Crippen MR) is 118 cm³/mol. The molecule has 3 rings (SSSR count). The minimum atomic E-state index is -0.309. The molecule has 0 aliphatic carbocycles. The number of amides is 1. The van der Waals surface area contributed by atoms with Gasteiger partial charge in [-0.25, -0.2) is 9.98 Å². The van der Waals surface area contributed by atoms with Gasteiger partial charge in [-0.2, -0.15) is 5.26 Å². The molecule has 0 fully saturated rings. The lowest BCUT2D eigenvalue weighted by molar-refractivity contribution is -0.140. The fraction of sp³-hybridized carbons (Fsp3) is 0.227. The van der Waals surface area contributed by atoms with Crippen LogP contribution in [0.25, 0.3) is 11.0 Å². The number of fused-ring (bicyclic) bond motifs is 1. The van der Waals surface area contributed by atoms with E-state index in [0.717, 1.165) is 5.52 Å². The average molecular weight is 438 g/mol. The van der Waals surface area contributed by atoms with Crippen molar-refractivity contribution in [3.63, 3.8) is 0 Å². The molecule has 0 aliphatic rings. The van der Waals surface area contributed by atoms with Crippen LogP contribution in [0.1, 0.15) is 34.6 Å². The largest absolute Gasteiger partial charge is 0.469 e. The number of methoxy groups -OCH3 is 1. The smallest absolute Gasteiger partial charge is 0.305 e. The van der Waals surface area contributed by atoms with Crippen molar-refractivity contribution in [3.05, 3.63) is 59.4 Å². The molecule has 0 spiro atoms. The van der Waals surface area contributed by atoms with Crippen LogP contribution in [0.5, 0.6) is 0 Å². The zero-order valence-electron chi connectivity index (χ0n) is 17.1. The van der Waals surface area contributed by atoms with E-state index >= 15 is 0 Å². The molecule has 3 aromatic rings. The lowest BCUT2D eigenvalue weighted by Crippen LogP contribution is -2.24. The highest BCUT2D eigenvalue weighted by molar-refractivity contribution is 6.69. The molecule has 1 aromatic heterocycles. The van der Waals surface area contributed by atoms with Crippen molar-refractivity contribution in [3.8, 4) is 6.07 Å². The van der Waals surface area contributed by atoms with Crippen LogP contribution in [0.3, 0.4) is 0 Å². The van der Waals surface area contributed by atoms with E-state index in [9.17, 15) is 9.59 Å². The zero-order chi connectivity index (χ0) is 22.4. The van der Waals surface area contributed by atoms with Crippen molar-refractivity contribution >= 4 is 45.4 Å². The summed E-state index contributed by atoms with van der Waals surface area (Å²) in [6, 6.07) is 14.0. The van der Waals surface area contributed by atoms with Crippen LogP contribution in [0.15, 0.2) is 47.5 Å². The van der Waals surface area contributed by atoms with Gasteiger partial charge in [-0.05, 0) is 48.9 Å². The SMILES string of the molecule is COC(=O)CCCNC(=O)c1ccc2c(c1)nc(C(Cl)=Nc1ccc(C#N)cc1)n2C. The Labute approximate surface area is 184 Å². The van der Waals surface area contributed by atoms with Crippen LogP contribution in [0, 0.1) is 11.3 Å². The Hall–Kier alpha value is -3.70. The van der Waals surface area contributed by atoms with Crippen LogP contribution in [0.2, 0.25) is 0 Å². The molecule has 31 heavy (non-hydrogen) atoms. The third kappa shape index (κ3) is 5.27. The van der Waals surface area contributed by atoms with E-state index in [-0.39, 0.29) is 23.5 Å². The van der Waals surface area contributed by atoms with E-state index < -0.39 is 0 Å². The Kier molecular flexibility index (Phi) is 7.00. The Morgan fingerprint density at radius 3 is 2.68 bits per heavy atom. The van der Waals surface area contributed by atoms with Crippen molar-refractivity contribution in [1.29, 1.82) is 5.26 Å². The minimum Gasteiger partial charge on any atom is -0.469 e. The summed E-state index contributed by atoms with van der Waals surface area (Å²) in [6.07, 6.45) is 0.742. The second-order valence-corrected chi connectivity index (χ2v) is 7.05. The molecule has 1 amide bonds. The molecule has 0 aliphatic heterocycles. The zero-order valence-corrected chi connectivity index (χ0v) is 17.8. The molecule has 9 heteroatoms. The van der Waals surface area contributed by atoms with Crippen molar-refractivity contribution in [2.75, 3.05) is 13.7 Å². The first-order chi connectivity index (χ1) is 14.9. The quantitative estimate of drug-likeness (QED) is 0.346. The van der Waals surface area contributed by atoms with Crippen molar-refractivity contribution in [1.82, 2.24) is 14.9 Å². The van der Waals surface area contributed by atoms with Crippen LogP contribution in [-0.2, 0) is 16.6 Å². The van der Waals surface area contributed by atoms with Gasteiger partial charge in [0.15, 0.2) is 11.0 Å². The number of rotatable bonds is 7. The van der Waals surface area contributed by atoms with Gasteiger partial charge in [-0.1, -0.05) is 11.6 Å². The average Bonchev–Trinajstić information content (AvgIpc) is 3.12. The van der Waals surface area contributed by atoms with Gasteiger partial charge < -0.3 is 14.6 Å². The summed E-state index contributed by atoms with van der Waals surface area (Å²) < 4.78 is 6.37. The van der Waals surface area contributed by atoms with Crippen molar-refractivity contribution < 1.29 is 14.3 Å². The van der Waals surface area contributed by atoms with Crippen LogP contribution < -0.4 is 5.32 Å². The third-order valence-electron chi connectivity index (χ3n) is 4.62. The number of aliphatic imine (C=N–C) groups is 1. The van der Waals surface area contributed by atoms with E-state index in [1.54, 1.807) is 47.0 Å². The monoisotopic (exact) mass is 437 g/mol. The van der Waals surface area contributed by atoms with Gasteiger partial charge in [-0.3, -0.25) is 9.59 Å². The molecule has 0 bridgehead atoms. The first-order valence-electron chi connectivity index (χ1n) is 9.49. The number of esters is 1. The molecule has 0 unspecified atom stereocenters. The van der Waals surface area contributed by atoms with Gasteiger partial charge in [-0.15, -0.1) is 0 Å². The van der Waals surface area contributed by atoms with E-state index in [1.165, 1.54) is 7.11 Å². The number of nitrogens with zero attached hydrogens (tertiary/aromatic N) is 4. The molecule has 8 nitrogen and oxygen atoms in total. The number of carbonyl (C=O) groups is 2. The number of aromatic nitrogens is 2. The standard InChI is InChI=1S/C22H20ClN5O3/c1-28-18-10-7-15(22(30)25-11-3-4-19(29)31-2)12-17(18)27-21(28)20(23)26-16-8-5-14(13-24)6-9-16/h5-10,12H,3-4,11H2,1-2H3,(H,25,30). The highest BCUT2D eigenvalue weighted by Crippen LogP contribution is 2.21. The summed E-state index contributed by atoms with van der Waals surface area (Å²) in [5, 5.41) is 11.9. The van der Waals surface area contributed by atoms with Gasteiger partial charge in [0.1, 0.15) is 0 Å². The lowest BCUT2D eigenvalue weighted by Gasteiger charge is -2.05. The van der Waals surface area contributed by atoms with E-state index in [4.69, 9.17) is 16.9 Å². The number of nitriles is 1. The molecule has 0 saturated carbocycles. The summed E-state index contributed by atoms with van der Waals surface area (Å²) in [4.78, 5) is 32.4. The summed E-state index contributed by atoms with van der Waals surface area (Å²) in [5.41, 5.74) is 2.99. The van der Waals surface area contributed by atoms with Gasteiger partial charge in [0, 0.05) is 25.6 Å². The van der Waals surface area contributed by atoms with Gasteiger partial charge in [0.05, 0.1) is 35.5 Å². The van der Waals surface area contributed by atoms with Crippen LogP contribution >= 0.6 is 11.6 Å². The van der Waals surface area contributed by atoms with Crippen LogP contribution in [-0.4, -0.2) is 40.3 Å². The highest BCUT2D eigenvalue weighted by atomic mass is 35.5. The first-order valence-corrected chi connectivity index (χ1v) is 9.87. The lowest BCUT2D eigenvalue weighted by atomic mass is 10.2. The van der Waals surface area contributed by atoms with Crippen molar-refractivity contribution in [2.24, 2.45) is 12.0 Å². The van der Waals surface area contributed by atoms with Crippen molar-refractivity contribution in [2.45, 2.75) is 12.8 Å². The normalized spacial score (nSPS) is 11.2. The van der Waals surface area contributed by atoms with E-state index in [0.29, 0.717) is 41.1 Å². The fourth-order valence-electron chi connectivity index (χ4n) is 2.94. The third-order valence-corrected chi connectivity index (χ3v) is 4.88. The summed E-state index contributed by atoms with van der Waals surface area (Å²) in [6.45, 7) is 0.364. The Bertz CT molecular complexity index is 1190. The number of halogens is 1. The summed E-state index contributed by atoms with van der Waals surface area (Å²) in [7, 11) is 3.15. The maximum Gasteiger partial charge on any atom is 0.305 e. The van der Waals surface area contributed by atoms with Crippen LogP contribution in [0.4, 0.5) is 5.69 Å². The summed E-state index contributed by atoms with van der Waals surface area (Å²) in [5.74, 6) is -0.107. The maximum absolute atomic E-state index is 12.4. The number of ether oxygens (including phenoxy) is 1. The second kappa shape index (κ2) is 9.87. The first kappa shape index (κ1) is 22.0. The number of imidazole rings is 1. The van der Waals surface area contributed by atoms with Gasteiger partial charge in [0.25, 0.3) is 5.91 Å². The minimum absolute atomic E-state index is 0.192. The number of hydrogen-bond acceptors (Lipinski definition) is 6. The van der Waals surface area contributed by atoms with Gasteiger partial charge >= 0.3 is 5.97 Å². The molecule has 0 saturated heterocycles. The molecule has 1 N–H and O–H groups in total. The molecule has 2 aromatic carbocycles. The fourth-order valence-corrected chi connectivity index (χ4v) is 3.20. The van der Waals surface area contributed by atoms with E-state index in [1.807, 2.05) is 7.05 Å². The molecular weight excluding hydrogens is 418 g/mol. The number of hydrogen-bond donors (Lipinski definition) is 1. The molecule has 1 heterocycles. The topological polar surface area (TPSA) is 109 Å². The van der Waals surface area contributed by atoms with E-state index in [2.05, 4.69) is 26.1 Å². The highest BCUT2D eigenvalue weighted by Gasteiger charge is 2.14. The maximum atomic E-state index is 12.4. The number of aryl methyl sites for hydroxylation is 1. The Morgan fingerprint density at radius 2 is 2.00 bits per heavy atom. The number of carbonyl (C=O) groups excluding carboxylic acids is 2. The number of nitrogens with one attached hydrogen (secondary N) is 1. The molecule has 0 radical (unpaired) electrons. The Morgan fingerprint density at radius 1 is 1.26 bits per heavy atom.